The molecule has 0 spiro atoms. The number of nitrogens with zero attached hydrogens (tertiary/aromatic N) is 2. The molecule has 0 aliphatic heterocycles. The summed E-state index contributed by atoms with van der Waals surface area (Å²) in [5, 5.41) is 0. The summed E-state index contributed by atoms with van der Waals surface area (Å²) in [5.74, 6) is 2.38. The van der Waals surface area contributed by atoms with Crippen LogP contribution < -0.4 is 5.73 Å². The van der Waals surface area contributed by atoms with Crippen LogP contribution in [0.15, 0.2) is 12.3 Å². The second kappa shape index (κ2) is 5.35. The molecule has 2 N–H and O–H groups in total. The maximum Gasteiger partial charge on any atom is 0.131 e. The number of hydrogen-bond donors (Lipinski definition) is 1. The lowest BCUT2D eigenvalue weighted by Gasteiger charge is -2.36. The van der Waals surface area contributed by atoms with Crippen molar-refractivity contribution in [2.45, 2.75) is 58.9 Å². The Labute approximate surface area is 110 Å². The first-order valence-electron chi connectivity index (χ1n) is 7.02. The fraction of sp³-hybridized carbons (Fsp3) is 0.733. The Hall–Kier alpha value is -0.960. The van der Waals surface area contributed by atoms with Crippen molar-refractivity contribution < 1.29 is 0 Å². The fourth-order valence-corrected chi connectivity index (χ4v) is 2.94. The van der Waals surface area contributed by atoms with Gasteiger partial charge in [-0.05, 0) is 43.1 Å². The van der Waals surface area contributed by atoms with Crippen molar-refractivity contribution in [1.29, 1.82) is 0 Å². The summed E-state index contributed by atoms with van der Waals surface area (Å²) < 4.78 is 0. The predicted octanol–water partition coefficient (Wildman–Crippen LogP) is 3.26. The molecule has 1 saturated carbocycles. The third kappa shape index (κ3) is 3.08. The zero-order valence-electron chi connectivity index (χ0n) is 11.8. The molecule has 1 aliphatic rings. The highest BCUT2D eigenvalue weighted by atomic mass is 14.9. The summed E-state index contributed by atoms with van der Waals surface area (Å²) in [6, 6.07) is 1.91. The lowest BCUT2D eigenvalue weighted by molar-refractivity contribution is 0.167. The van der Waals surface area contributed by atoms with E-state index in [-0.39, 0.29) is 0 Å². The molecule has 0 aromatic carbocycles. The van der Waals surface area contributed by atoms with Gasteiger partial charge in [0.05, 0.1) is 5.69 Å². The van der Waals surface area contributed by atoms with Gasteiger partial charge in [-0.15, -0.1) is 0 Å². The van der Waals surface area contributed by atoms with Crippen LogP contribution in [0.2, 0.25) is 0 Å². The molecule has 1 fully saturated rings. The first-order valence-corrected chi connectivity index (χ1v) is 7.02. The van der Waals surface area contributed by atoms with Crippen LogP contribution in [0.3, 0.4) is 0 Å². The van der Waals surface area contributed by atoms with E-state index >= 15 is 0 Å². The highest BCUT2D eigenvalue weighted by Gasteiger charge is 2.31. The summed E-state index contributed by atoms with van der Waals surface area (Å²) in [5.41, 5.74) is 7.03. The highest BCUT2D eigenvalue weighted by Crippen LogP contribution is 2.42. The van der Waals surface area contributed by atoms with E-state index in [1.54, 1.807) is 0 Å². The van der Waals surface area contributed by atoms with Gasteiger partial charge < -0.3 is 5.73 Å². The molecular weight excluding hydrogens is 222 g/mol. The van der Waals surface area contributed by atoms with Gasteiger partial charge in [-0.1, -0.05) is 20.8 Å². The number of nitrogens with two attached hydrogens (primary N) is 1. The second-order valence-corrected chi connectivity index (χ2v) is 6.52. The minimum absolute atomic E-state index is 0.435. The molecule has 1 aromatic heterocycles. The Morgan fingerprint density at radius 2 is 1.89 bits per heavy atom. The van der Waals surface area contributed by atoms with E-state index in [2.05, 4.69) is 30.7 Å². The maximum absolute atomic E-state index is 5.64. The summed E-state index contributed by atoms with van der Waals surface area (Å²) in [6.07, 6.45) is 6.88. The van der Waals surface area contributed by atoms with Gasteiger partial charge in [0.1, 0.15) is 5.82 Å². The molecule has 100 valence electrons. The summed E-state index contributed by atoms with van der Waals surface area (Å²) >= 11 is 0. The van der Waals surface area contributed by atoms with Gasteiger partial charge in [-0.2, -0.15) is 0 Å². The Morgan fingerprint density at radius 3 is 2.44 bits per heavy atom. The van der Waals surface area contributed by atoms with Crippen molar-refractivity contribution in [1.82, 2.24) is 9.97 Å². The molecule has 3 heteroatoms. The van der Waals surface area contributed by atoms with Gasteiger partial charge in [0.2, 0.25) is 0 Å². The van der Waals surface area contributed by atoms with Crippen LogP contribution in [-0.4, -0.2) is 9.97 Å². The van der Waals surface area contributed by atoms with Gasteiger partial charge in [-0.25, -0.2) is 9.97 Å². The minimum Gasteiger partial charge on any atom is -0.325 e. The van der Waals surface area contributed by atoms with E-state index in [1.165, 1.54) is 25.7 Å². The van der Waals surface area contributed by atoms with Crippen molar-refractivity contribution in [2.24, 2.45) is 17.1 Å². The van der Waals surface area contributed by atoms with Crippen LogP contribution in [0.4, 0.5) is 0 Å². The van der Waals surface area contributed by atoms with Crippen LogP contribution in [0.25, 0.3) is 0 Å². The molecule has 0 unspecified atom stereocenters. The third-order valence-electron chi connectivity index (χ3n) is 4.26. The van der Waals surface area contributed by atoms with Crippen LogP contribution in [-0.2, 0) is 6.54 Å². The van der Waals surface area contributed by atoms with E-state index in [9.17, 15) is 0 Å². The SMILES string of the molecule is CC(C)(C)C1CCC(c2nccc(CN)n2)CC1. The van der Waals surface area contributed by atoms with Crippen molar-refractivity contribution >= 4 is 0 Å². The quantitative estimate of drug-likeness (QED) is 0.872. The number of aromatic nitrogens is 2. The maximum atomic E-state index is 5.64. The standard InChI is InChI=1S/C15H25N3/c1-15(2,3)12-6-4-11(5-7-12)14-17-9-8-13(10-16)18-14/h8-9,11-12H,4-7,10,16H2,1-3H3. The molecule has 0 saturated heterocycles. The average molecular weight is 247 g/mol. The van der Waals surface area contributed by atoms with Crippen LogP contribution in [0.1, 0.15) is 63.9 Å². The predicted molar refractivity (Wildman–Crippen MR) is 74.1 cm³/mol. The molecule has 1 heterocycles. The summed E-state index contributed by atoms with van der Waals surface area (Å²) in [7, 11) is 0. The zero-order chi connectivity index (χ0) is 13.2. The zero-order valence-corrected chi connectivity index (χ0v) is 11.8. The van der Waals surface area contributed by atoms with E-state index < -0.39 is 0 Å². The molecular formula is C15H25N3. The molecule has 1 aliphatic carbocycles. The first-order chi connectivity index (χ1) is 8.50. The second-order valence-electron chi connectivity index (χ2n) is 6.52. The Kier molecular flexibility index (Phi) is 4.00. The van der Waals surface area contributed by atoms with Crippen LogP contribution in [0, 0.1) is 11.3 Å². The topological polar surface area (TPSA) is 51.8 Å². The average Bonchev–Trinajstić information content (AvgIpc) is 2.38. The van der Waals surface area contributed by atoms with Crippen LogP contribution in [0.5, 0.6) is 0 Å². The first kappa shape index (κ1) is 13.5. The Morgan fingerprint density at radius 1 is 1.22 bits per heavy atom. The van der Waals surface area contributed by atoms with E-state index in [1.807, 2.05) is 12.3 Å². The van der Waals surface area contributed by atoms with Crippen LogP contribution >= 0.6 is 0 Å². The molecule has 0 bridgehead atoms. The van der Waals surface area contributed by atoms with Crippen molar-refractivity contribution in [3.8, 4) is 0 Å². The molecule has 2 rings (SSSR count). The van der Waals surface area contributed by atoms with Gasteiger partial charge in [0, 0.05) is 18.7 Å². The van der Waals surface area contributed by atoms with Crippen molar-refractivity contribution in [3.63, 3.8) is 0 Å². The van der Waals surface area contributed by atoms with E-state index in [0.29, 0.717) is 17.9 Å². The number of rotatable bonds is 2. The van der Waals surface area contributed by atoms with E-state index in [0.717, 1.165) is 17.4 Å². The largest absolute Gasteiger partial charge is 0.325 e. The smallest absolute Gasteiger partial charge is 0.131 e. The molecule has 18 heavy (non-hydrogen) atoms. The Bertz CT molecular complexity index is 387. The fourth-order valence-electron chi connectivity index (χ4n) is 2.94. The van der Waals surface area contributed by atoms with Gasteiger partial charge >= 0.3 is 0 Å². The molecule has 0 radical (unpaired) electrons. The third-order valence-corrected chi connectivity index (χ3v) is 4.26. The molecule has 0 atom stereocenters. The normalized spacial score (nSPS) is 25.1. The van der Waals surface area contributed by atoms with E-state index in [4.69, 9.17) is 5.73 Å². The number of hydrogen-bond acceptors (Lipinski definition) is 3. The lowest BCUT2D eigenvalue weighted by Crippen LogP contribution is -2.26. The molecule has 1 aromatic rings. The van der Waals surface area contributed by atoms with Gasteiger partial charge in [0.15, 0.2) is 0 Å². The Balaban J connectivity index is 2.01. The highest BCUT2D eigenvalue weighted by molar-refractivity contribution is 5.06. The van der Waals surface area contributed by atoms with Crippen molar-refractivity contribution in [3.05, 3.63) is 23.8 Å². The van der Waals surface area contributed by atoms with Gasteiger partial charge in [0.25, 0.3) is 0 Å². The monoisotopic (exact) mass is 247 g/mol. The summed E-state index contributed by atoms with van der Waals surface area (Å²) in [4.78, 5) is 9.00. The minimum atomic E-state index is 0.435. The lowest BCUT2D eigenvalue weighted by atomic mass is 9.70. The molecule has 3 nitrogen and oxygen atoms in total. The molecule has 0 amide bonds. The van der Waals surface area contributed by atoms with Gasteiger partial charge in [-0.3, -0.25) is 0 Å². The summed E-state index contributed by atoms with van der Waals surface area (Å²) in [6.45, 7) is 7.56. The van der Waals surface area contributed by atoms with Crippen molar-refractivity contribution in [2.75, 3.05) is 0 Å².